The first-order valence-corrected chi connectivity index (χ1v) is 6.80. The fourth-order valence-electron chi connectivity index (χ4n) is 2.99. The maximum atomic E-state index is 12.0. The number of benzene rings is 1. The number of ether oxygens (including phenoxy) is 2. The van der Waals surface area contributed by atoms with Crippen molar-refractivity contribution in [3.63, 3.8) is 0 Å². The lowest BCUT2D eigenvalue weighted by Crippen LogP contribution is -2.53. The van der Waals surface area contributed by atoms with Gasteiger partial charge in [-0.2, -0.15) is 0 Å². The highest BCUT2D eigenvalue weighted by Gasteiger charge is 2.45. The van der Waals surface area contributed by atoms with Crippen LogP contribution in [0.3, 0.4) is 0 Å². The molecule has 1 aliphatic heterocycles. The van der Waals surface area contributed by atoms with Crippen LogP contribution < -0.4 is 10.1 Å². The SMILES string of the molecule is COc1cccc(CC(=O)N[C@@H]2C[C@H]3OCC[C@@H]23)c1. The Labute approximate surface area is 113 Å². The van der Waals surface area contributed by atoms with Gasteiger partial charge >= 0.3 is 0 Å². The van der Waals surface area contributed by atoms with Crippen LogP contribution in [0.25, 0.3) is 0 Å². The maximum Gasteiger partial charge on any atom is 0.224 e. The highest BCUT2D eigenvalue weighted by molar-refractivity contribution is 5.79. The summed E-state index contributed by atoms with van der Waals surface area (Å²) in [5.74, 6) is 1.41. The Morgan fingerprint density at radius 2 is 2.42 bits per heavy atom. The second kappa shape index (κ2) is 5.21. The van der Waals surface area contributed by atoms with Crippen LogP contribution >= 0.6 is 0 Å². The van der Waals surface area contributed by atoms with Crippen LogP contribution in [0.4, 0.5) is 0 Å². The van der Waals surface area contributed by atoms with Gasteiger partial charge in [0.15, 0.2) is 0 Å². The van der Waals surface area contributed by atoms with E-state index >= 15 is 0 Å². The molecule has 1 aliphatic carbocycles. The van der Waals surface area contributed by atoms with Crippen LogP contribution in [0.5, 0.6) is 5.75 Å². The van der Waals surface area contributed by atoms with E-state index in [1.54, 1.807) is 7.11 Å². The molecule has 3 rings (SSSR count). The summed E-state index contributed by atoms with van der Waals surface area (Å²) < 4.78 is 10.7. The fraction of sp³-hybridized carbons (Fsp3) is 0.533. The van der Waals surface area contributed by atoms with E-state index in [0.717, 1.165) is 30.8 Å². The molecule has 0 aromatic heterocycles. The summed E-state index contributed by atoms with van der Waals surface area (Å²) >= 11 is 0. The summed E-state index contributed by atoms with van der Waals surface area (Å²) in [5, 5.41) is 3.11. The number of hydrogen-bond donors (Lipinski definition) is 1. The second-order valence-electron chi connectivity index (χ2n) is 5.30. The molecule has 3 atom stereocenters. The molecule has 19 heavy (non-hydrogen) atoms. The summed E-state index contributed by atoms with van der Waals surface area (Å²) in [7, 11) is 1.63. The first kappa shape index (κ1) is 12.5. The first-order chi connectivity index (χ1) is 9.26. The van der Waals surface area contributed by atoms with Gasteiger partial charge in [0.25, 0.3) is 0 Å². The van der Waals surface area contributed by atoms with E-state index in [1.165, 1.54) is 0 Å². The minimum absolute atomic E-state index is 0.0867. The summed E-state index contributed by atoms with van der Waals surface area (Å²) in [5.41, 5.74) is 0.982. The number of carbonyl (C=O) groups is 1. The third-order valence-electron chi connectivity index (χ3n) is 4.11. The first-order valence-electron chi connectivity index (χ1n) is 6.80. The zero-order valence-electron chi connectivity index (χ0n) is 11.1. The van der Waals surface area contributed by atoms with Gasteiger partial charge < -0.3 is 14.8 Å². The van der Waals surface area contributed by atoms with E-state index < -0.39 is 0 Å². The molecular formula is C15H19NO3. The number of rotatable bonds is 4. The Balaban J connectivity index is 1.53. The minimum atomic E-state index is 0.0867. The zero-order valence-corrected chi connectivity index (χ0v) is 11.1. The molecule has 1 aromatic carbocycles. The van der Waals surface area contributed by atoms with Gasteiger partial charge in [-0.15, -0.1) is 0 Å². The van der Waals surface area contributed by atoms with Crippen LogP contribution in [-0.4, -0.2) is 31.8 Å². The topological polar surface area (TPSA) is 47.6 Å². The molecule has 4 nitrogen and oxygen atoms in total. The Bertz CT molecular complexity index is 474. The molecule has 1 aromatic rings. The summed E-state index contributed by atoms with van der Waals surface area (Å²) in [6.07, 6.45) is 2.84. The second-order valence-corrected chi connectivity index (χ2v) is 5.30. The molecule has 1 saturated heterocycles. The van der Waals surface area contributed by atoms with Crippen molar-refractivity contribution < 1.29 is 14.3 Å². The molecule has 102 valence electrons. The van der Waals surface area contributed by atoms with Crippen molar-refractivity contribution in [2.75, 3.05) is 13.7 Å². The van der Waals surface area contributed by atoms with Gasteiger partial charge in [-0.1, -0.05) is 12.1 Å². The van der Waals surface area contributed by atoms with E-state index in [4.69, 9.17) is 9.47 Å². The molecule has 0 radical (unpaired) electrons. The Morgan fingerprint density at radius 3 is 3.21 bits per heavy atom. The molecule has 4 heteroatoms. The van der Waals surface area contributed by atoms with E-state index in [9.17, 15) is 4.79 Å². The predicted octanol–water partition coefficient (Wildman–Crippen LogP) is 1.53. The van der Waals surface area contributed by atoms with Gasteiger partial charge in [-0.3, -0.25) is 4.79 Å². The van der Waals surface area contributed by atoms with Crippen LogP contribution in [0.1, 0.15) is 18.4 Å². The standard InChI is InChI=1S/C15H19NO3/c1-18-11-4-2-3-10(7-11)8-15(17)16-13-9-14-12(13)5-6-19-14/h2-4,7,12-14H,5-6,8-9H2,1H3,(H,16,17)/t12-,13+,14+/m0/s1. The largest absolute Gasteiger partial charge is 0.497 e. The van der Waals surface area contributed by atoms with E-state index in [1.807, 2.05) is 24.3 Å². The number of hydrogen-bond acceptors (Lipinski definition) is 3. The van der Waals surface area contributed by atoms with Gasteiger partial charge in [0.2, 0.25) is 5.91 Å². The van der Waals surface area contributed by atoms with E-state index in [-0.39, 0.29) is 5.91 Å². The number of amides is 1. The van der Waals surface area contributed by atoms with Crippen molar-refractivity contribution in [3.8, 4) is 5.75 Å². The average Bonchev–Trinajstić information content (AvgIpc) is 2.77. The van der Waals surface area contributed by atoms with Crippen LogP contribution in [0, 0.1) is 5.92 Å². The van der Waals surface area contributed by atoms with Crippen LogP contribution in [0.2, 0.25) is 0 Å². The monoisotopic (exact) mass is 261 g/mol. The highest BCUT2D eigenvalue weighted by Crippen LogP contribution is 2.38. The van der Waals surface area contributed by atoms with E-state index in [0.29, 0.717) is 24.5 Å². The van der Waals surface area contributed by atoms with E-state index in [2.05, 4.69) is 5.32 Å². The quantitative estimate of drug-likeness (QED) is 0.894. The minimum Gasteiger partial charge on any atom is -0.497 e. The number of fused-ring (bicyclic) bond motifs is 1. The molecule has 0 unspecified atom stereocenters. The Kier molecular flexibility index (Phi) is 3.42. The van der Waals surface area contributed by atoms with Crippen molar-refractivity contribution in [3.05, 3.63) is 29.8 Å². The van der Waals surface area contributed by atoms with Crippen LogP contribution in [-0.2, 0) is 16.0 Å². The van der Waals surface area contributed by atoms with Crippen molar-refractivity contribution in [2.45, 2.75) is 31.4 Å². The van der Waals surface area contributed by atoms with Crippen molar-refractivity contribution in [1.29, 1.82) is 0 Å². The molecule has 2 fully saturated rings. The summed E-state index contributed by atoms with van der Waals surface area (Å²) in [6, 6.07) is 7.96. The van der Waals surface area contributed by atoms with Gasteiger partial charge in [0.05, 0.1) is 19.6 Å². The van der Waals surface area contributed by atoms with Crippen molar-refractivity contribution >= 4 is 5.91 Å². The smallest absolute Gasteiger partial charge is 0.224 e. The summed E-state index contributed by atoms with van der Waals surface area (Å²) in [4.78, 5) is 12.0. The molecule has 1 saturated carbocycles. The predicted molar refractivity (Wildman–Crippen MR) is 71.1 cm³/mol. The third-order valence-corrected chi connectivity index (χ3v) is 4.11. The fourth-order valence-corrected chi connectivity index (χ4v) is 2.99. The lowest BCUT2D eigenvalue weighted by Gasteiger charge is -2.39. The number of carbonyl (C=O) groups excluding carboxylic acids is 1. The van der Waals surface area contributed by atoms with Gasteiger partial charge in [0, 0.05) is 18.6 Å². The third kappa shape index (κ3) is 2.59. The molecular weight excluding hydrogens is 242 g/mol. The highest BCUT2D eigenvalue weighted by atomic mass is 16.5. The summed E-state index contributed by atoms with van der Waals surface area (Å²) in [6.45, 7) is 0.845. The average molecular weight is 261 g/mol. The van der Waals surface area contributed by atoms with Crippen LogP contribution in [0.15, 0.2) is 24.3 Å². The van der Waals surface area contributed by atoms with Gasteiger partial charge in [0.1, 0.15) is 5.75 Å². The lowest BCUT2D eigenvalue weighted by atomic mass is 9.76. The Morgan fingerprint density at radius 1 is 1.53 bits per heavy atom. The molecule has 1 N–H and O–H groups in total. The maximum absolute atomic E-state index is 12.0. The van der Waals surface area contributed by atoms with Crippen molar-refractivity contribution in [2.24, 2.45) is 5.92 Å². The lowest BCUT2D eigenvalue weighted by molar-refractivity contribution is -0.123. The normalized spacial score (nSPS) is 28.4. The molecule has 1 amide bonds. The molecule has 0 spiro atoms. The van der Waals surface area contributed by atoms with Gasteiger partial charge in [-0.05, 0) is 30.5 Å². The number of methoxy groups -OCH3 is 1. The molecule has 0 bridgehead atoms. The number of nitrogens with one attached hydrogen (secondary N) is 1. The van der Waals surface area contributed by atoms with Gasteiger partial charge in [-0.25, -0.2) is 0 Å². The van der Waals surface area contributed by atoms with Crippen molar-refractivity contribution in [1.82, 2.24) is 5.32 Å². The molecule has 2 aliphatic rings. The molecule has 1 heterocycles. The zero-order chi connectivity index (χ0) is 13.2. The Hall–Kier alpha value is -1.55.